The molecule has 2 aromatic carbocycles. The van der Waals surface area contributed by atoms with Crippen molar-refractivity contribution in [2.45, 2.75) is 13.3 Å². The van der Waals surface area contributed by atoms with Crippen molar-refractivity contribution in [3.05, 3.63) is 67.0 Å². The highest BCUT2D eigenvalue weighted by Crippen LogP contribution is 2.42. The number of nitrogens with zero attached hydrogens (tertiary/aromatic N) is 2. The van der Waals surface area contributed by atoms with Crippen LogP contribution in [-0.2, 0) is 9.53 Å². The number of hydrogen-bond acceptors (Lipinski definition) is 6. The number of hydrogen-bond donors (Lipinski definition) is 1. The maximum Gasteiger partial charge on any atom is 0.307 e. The molecule has 0 saturated carbocycles. The minimum atomic E-state index is -0.245. The van der Waals surface area contributed by atoms with Crippen LogP contribution < -0.4 is 5.32 Å². The maximum absolute atomic E-state index is 11.7. The smallest absolute Gasteiger partial charge is 0.307 e. The maximum atomic E-state index is 11.7. The first-order valence-electron chi connectivity index (χ1n) is 9.55. The third-order valence-electron chi connectivity index (χ3n) is 4.51. The normalized spacial score (nSPS) is 10.8. The molecule has 4 aromatic rings. The lowest BCUT2D eigenvalue weighted by Gasteiger charge is -2.08. The molecular weight excluding hydrogens is 366 g/mol. The van der Waals surface area contributed by atoms with Gasteiger partial charge in [0.25, 0.3) is 0 Å². The van der Waals surface area contributed by atoms with Crippen molar-refractivity contribution in [1.29, 1.82) is 0 Å². The number of aromatic nitrogens is 2. The Kier molecular flexibility index (Phi) is 5.52. The second-order valence-electron chi connectivity index (χ2n) is 6.42. The van der Waals surface area contributed by atoms with Crippen molar-refractivity contribution >= 4 is 22.9 Å². The van der Waals surface area contributed by atoms with Gasteiger partial charge in [0.15, 0.2) is 0 Å². The number of nitrogens with one attached hydrogen (secondary N) is 1. The summed E-state index contributed by atoms with van der Waals surface area (Å²) in [5.41, 5.74) is 3.39. The second kappa shape index (κ2) is 8.56. The molecule has 0 amide bonds. The van der Waals surface area contributed by atoms with E-state index in [4.69, 9.17) is 9.15 Å². The Morgan fingerprint density at radius 1 is 1.00 bits per heavy atom. The van der Waals surface area contributed by atoms with E-state index in [1.807, 2.05) is 60.7 Å². The van der Waals surface area contributed by atoms with Gasteiger partial charge in [-0.15, -0.1) is 0 Å². The van der Waals surface area contributed by atoms with Crippen LogP contribution in [-0.4, -0.2) is 29.1 Å². The topological polar surface area (TPSA) is 77.2 Å². The Bertz CT molecular complexity index is 1110. The third-order valence-corrected chi connectivity index (χ3v) is 4.51. The molecule has 6 heteroatoms. The van der Waals surface area contributed by atoms with Crippen molar-refractivity contribution in [2.75, 3.05) is 18.5 Å². The average molecular weight is 387 g/mol. The van der Waals surface area contributed by atoms with Crippen molar-refractivity contribution in [3.63, 3.8) is 0 Å². The van der Waals surface area contributed by atoms with Gasteiger partial charge in [0.1, 0.15) is 17.9 Å². The number of rotatable bonds is 7. The Balaban J connectivity index is 1.80. The van der Waals surface area contributed by atoms with Crippen LogP contribution >= 0.6 is 0 Å². The Morgan fingerprint density at radius 3 is 2.38 bits per heavy atom. The molecule has 2 aromatic heterocycles. The summed E-state index contributed by atoms with van der Waals surface area (Å²) >= 11 is 0. The summed E-state index contributed by atoms with van der Waals surface area (Å²) in [6.45, 7) is 2.57. The summed E-state index contributed by atoms with van der Waals surface area (Å²) in [5, 5.41) is 4.03. The summed E-state index contributed by atoms with van der Waals surface area (Å²) in [6, 6.07) is 19.9. The van der Waals surface area contributed by atoms with Gasteiger partial charge in [-0.3, -0.25) is 4.79 Å². The number of anilines is 1. The standard InChI is InChI=1S/C23H21N3O3/c1-2-28-18(27)13-14-24-22-20-19(16-9-5-3-6-10-16)21(17-11-7-4-8-12-17)29-23(20)26-15-25-22/h3-12,15H,2,13-14H2,1H3,(H,24,25,26). The minimum Gasteiger partial charge on any atom is -0.466 e. The van der Waals surface area contributed by atoms with Crippen LogP contribution in [0.3, 0.4) is 0 Å². The molecule has 0 unspecified atom stereocenters. The SMILES string of the molecule is CCOC(=O)CCNc1ncnc2oc(-c3ccccc3)c(-c3ccccc3)c12. The molecule has 0 bridgehead atoms. The van der Waals surface area contributed by atoms with E-state index >= 15 is 0 Å². The fourth-order valence-electron chi connectivity index (χ4n) is 3.26. The Hall–Kier alpha value is -3.67. The summed E-state index contributed by atoms with van der Waals surface area (Å²) in [7, 11) is 0. The molecule has 6 nitrogen and oxygen atoms in total. The number of carbonyl (C=O) groups excluding carboxylic acids is 1. The van der Waals surface area contributed by atoms with Gasteiger partial charge in [-0.05, 0) is 12.5 Å². The van der Waals surface area contributed by atoms with E-state index in [1.54, 1.807) is 6.92 Å². The fraction of sp³-hybridized carbons (Fsp3) is 0.174. The number of benzene rings is 2. The molecule has 0 atom stereocenters. The van der Waals surface area contributed by atoms with Crippen LogP contribution in [0.25, 0.3) is 33.6 Å². The van der Waals surface area contributed by atoms with E-state index in [1.165, 1.54) is 6.33 Å². The van der Waals surface area contributed by atoms with Crippen molar-refractivity contribution in [1.82, 2.24) is 9.97 Å². The van der Waals surface area contributed by atoms with Crippen LogP contribution in [0, 0.1) is 0 Å². The molecule has 0 fully saturated rings. The molecule has 0 saturated heterocycles. The summed E-state index contributed by atoms with van der Waals surface area (Å²) in [4.78, 5) is 20.4. The van der Waals surface area contributed by atoms with Crippen LogP contribution in [0.1, 0.15) is 13.3 Å². The second-order valence-corrected chi connectivity index (χ2v) is 6.42. The lowest BCUT2D eigenvalue weighted by atomic mass is 9.99. The summed E-state index contributed by atoms with van der Waals surface area (Å²) < 4.78 is 11.2. The quantitative estimate of drug-likeness (QED) is 0.454. The average Bonchev–Trinajstić information content (AvgIpc) is 3.16. The zero-order valence-electron chi connectivity index (χ0n) is 16.1. The predicted octanol–water partition coefficient (Wildman–Crippen LogP) is 4.92. The van der Waals surface area contributed by atoms with Gasteiger partial charge >= 0.3 is 5.97 Å². The van der Waals surface area contributed by atoms with E-state index in [-0.39, 0.29) is 12.4 Å². The van der Waals surface area contributed by atoms with Crippen molar-refractivity contribution in [2.24, 2.45) is 0 Å². The van der Waals surface area contributed by atoms with E-state index in [0.717, 1.165) is 27.8 Å². The lowest BCUT2D eigenvalue weighted by molar-refractivity contribution is -0.142. The highest BCUT2D eigenvalue weighted by Gasteiger charge is 2.21. The minimum absolute atomic E-state index is 0.245. The van der Waals surface area contributed by atoms with Gasteiger partial charge in [0, 0.05) is 17.7 Å². The zero-order chi connectivity index (χ0) is 20.1. The molecule has 146 valence electrons. The third kappa shape index (κ3) is 3.96. The number of ether oxygens (including phenoxy) is 1. The number of furan rings is 1. The molecule has 0 aliphatic carbocycles. The fourth-order valence-corrected chi connectivity index (χ4v) is 3.26. The molecule has 0 spiro atoms. The lowest BCUT2D eigenvalue weighted by Crippen LogP contribution is -2.12. The first-order valence-corrected chi connectivity index (χ1v) is 9.55. The molecular formula is C23H21N3O3. The van der Waals surface area contributed by atoms with E-state index in [9.17, 15) is 4.79 Å². The monoisotopic (exact) mass is 387 g/mol. The molecule has 0 aliphatic heterocycles. The first kappa shape index (κ1) is 18.7. The number of fused-ring (bicyclic) bond motifs is 1. The Labute approximate surface area is 168 Å². The number of carbonyl (C=O) groups is 1. The van der Waals surface area contributed by atoms with Gasteiger partial charge in [-0.25, -0.2) is 9.97 Å². The van der Waals surface area contributed by atoms with Gasteiger partial charge in [-0.1, -0.05) is 60.7 Å². The largest absolute Gasteiger partial charge is 0.466 e. The first-order chi connectivity index (χ1) is 14.3. The summed E-state index contributed by atoms with van der Waals surface area (Å²) in [6.07, 6.45) is 1.71. The molecule has 0 radical (unpaired) electrons. The molecule has 2 heterocycles. The van der Waals surface area contributed by atoms with Crippen molar-refractivity contribution < 1.29 is 13.9 Å². The van der Waals surface area contributed by atoms with Gasteiger partial charge < -0.3 is 14.5 Å². The van der Waals surface area contributed by atoms with Gasteiger partial charge in [0.05, 0.1) is 18.4 Å². The molecule has 29 heavy (non-hydrogen) atoms. The Morgan fingerprint density at radius 2 is 1.69 bits per heavy atom. The van der Waals surface area contributed by atoms with E-state index < -0.39 is 0 Å². The van der Waals surface area contributed by atoms with Crippen LogP contribution in [0.2, 0.25) is 0 Å². The summed E-state index contributed by atoms with van der Waals surface area (Å²) in [5.74, 6) is 1.12. The van der Waals surface area contributed by atoms with E-state index in [2.05, 4.69) is 15.3 Å². The van der Waals surface area contributed by atoms with Crippen LogP contribution in [0.5, 0.6) is 0 Å². The predicted molar refractivity (Wildman–Crippen MR) is 112 cm³/mol. The molecule has 1 N–H and O–H groups in total. The van der Waals surface area contributed by atoms with Gasteiger partial charge in [-0.2, -0.15) is 0 Å². The molecule has 4 rings (SSSR count). The van der Waals surface area contributed by atoms with Crippen LogP contribution in [0.15, 0.2) is 71.4 Å². The highest BCUT2D eigenvalue weighted by atomic mass is 16.5. The van der Waals surface area contributed by atoms with Gasteiger partial charge in [0.2, 0.25) is 5.71 Å². The zero-order valence-corrected chi connectivity index (χ0v) is 16.1. The van der Waals surface area contributed by atoms with Crippen LogP contribution in [0.4, 0.5) is 5.82 Å². The molecule has 0 aliphatic rings. The highest BCUT2D eigenvalue weighted by molar-refractivity contribution is 6.05. The number of esters is 1. The van der Waals surface area contributed by atoms with E-state index in [0.29, 0.717) is 24.7 Å². The van der Waals surface area contributed by atoms with Crippen molar-refractivity contribution in [3.8, 4) is 22.5 Å².